The van der Waals surface area contributed by atoms with Gasteiger partial charge in [-0.05, 0) is 34.7 Å². The van der Waals surface area contributed by atoms with Gasteiger partial charge in [-0.25, -0.2) is 8.78 Å². The average Bonchev–Trinajstić information content (AvgIpc) is 1.93. The molecule has 0 aliphatic heterocycles. The van der Waals surface area contributed by atoms with E-state index in [9.17, 15) is 8.78 Å². The number of nitrogen functional groups attached to an aromatic ring is 1. The fourth-order valence-corrected chi connectivity index (χ4v) is 1.01. The Labute approximate surface area is 82.5 Å². The van der Waals surface area contributed by atoms with Crippen LogP contribution in [-0.4, -0.2) is 0 Å². The van der Waals surface area contributed by atoms with Crippen LogP contribution in [-0.2, 0) is 0 Å². The number of halogens is 4. The first kappa shape index (κ1) is 10.9. The molecule has 1 rings (SSSR count). The number of benzene rings is 1. The molecule has 0 spiro atoms. The number of anilines is 1. The molecule has 0 unspecified atom stereocenters. The number of hydrogen-bond donors (Lipinski definition) is 1. The van der Waals surface area contributed by atoms with Gasteiger partial charge in [0.05, 0.1) is 3.57 Å². The second kappa shape index (κ2) is 4.06. The minimum Gasteiger partial charge on any atom is -0.394 e. The molecule has 1 aromatic carbocycles. The van der Waals surface area contributed by atoms with Crippen LogP contribution < -0.4 is 5.73 Å². The highest BCUT2D eigenvalue weighted by Crippen LogP contribution is 2.19. The summed E-state index contributed by atoms with van der Waals surface area (Å²) in [5.41, 5.74) is 4.62. The molecule has 0 aliphatic carbocycles. The number of nitrogens with two attached hydrogens (primary N) is 1. The van der Waals surface area contributed by atoms with E-state index in [-0.39, 0.29) is 12.4 Å². The highest BCUT2D eigenvalue weighted by Gasteiger charge is 2.06. The van der Waals surface area contributed by atoms with E-state index >= 15 is 0 Å². The Balaban J connectivity index is 0.000001000. The van der Waals surface area contributed by atoms with Gasteiger partial charge in [-0.2, -0.15) is 0 Å². The quantitative estimate of drug-likeness (QED) is 0.444. The van der Waals surface area contributed by atoms with E-state index < -0.39 is 17.3 Å². The molecule has 62 valence electrons. The van der Waals surface area contributed by atoms with E-state index in [0.29, 0.717) is 3.57 Å². The van der Waals surface area contributed by atoms with Gasteiger partial charge >= 0.3 is 0 Å². The standard InChI is InChI=1S/C6H4F2IN.ClH/c7-3-1-2-4(9)5(8)6(3)10;/h1-2H,10H2;1H. The lowest BCUT2D eigenvalue weighted by Gasteiger charge is -1.98. The Kier molecular flexibility index (Phi) is 4.02. The van der Waals surface area contributed by atoms with Gasteiger partial charge < -0.3 is 5.73 Å². The zero-order chi connectivity index (χ0) is 7.72. The molecular formula is C6H5ClF2IN. The monoisotopic (exact) mass is 291 g/mol. The lowest BCUT2D eigenvalue weighted by atomic mass is 10.3. The molecule has 0 aromatic heterocycles. The van der Waals surface area contributed by atoms with E-state index in [1.807, 2.05) is 0 Å². The summed E-state index contributed by atoms with van der Waals surface area (Å²) in [6, 6.07) is 2.47. The first-order chi connectivity index (χ1) is 4.63. The predicted molar refractivity (Wildman–Crippen MR) is 50.7 cm³/mol. The minimum absolute atomic E-state index is 0. The summed E-state index contributed by atoms with van der Waals surface area (Å²) in [7, 11) is 0. The number of hydrogen-bond acceptors (Lipinski definition) is 1. The van der Waals surface area contributed by atoms with Crippen LogP contribution in [0.2, 0.25) is 0 Å². The van der Waals surface area contributed by atoms with Crippen LogP contribution in [0, 0.1) is 15.2 Å². The van der Waals surface area contributed by atoms with Gasteiger partial charge in [0.15, 0.2) is 5.82 Å². The van der Waals surface area contributed by atoms with Gasteiger partial charge in [-0.15, -0.1) is 12.4 Å². The Morgan fingerprint density at radius 3 is 2.27 bits per heavy atom. The molecular weight excluding hydrogens is 286 g/mol. The molecule has 0 atom stereocenters. The molecule has 0 heterocycles. The van der Waals surface area contributed by atoms with Gasteiger partial charge in [0, 0.05) is 0 Å². The van der Waals surface area contributed by atoms with Crippen molar-refractivity contribution in [2.24, 2.45) is 0 Å². The van der Waals surface area contributed by atoms with Crippen molar-refractivity contribution in [2.75, 3.05) is 5.73 Å². The Morgan fingerprint density at radius 2 is 1.82 bits per heavy atom. The van der Waals surface area contributed by atoms with Crippen LogP contribution in [0.15, 0.2) is 12.1 Å². The average molecular weight is 291 g/mol. The highest BCUT2D eigenvalue weighted by molar-refractivity contribution is 14.1. The highest BCUT2D eigenvalue weighted by atomic mass is 127. The smallest absolute Gasteiger partial charge is 0.162 e. The Bertz CT molecular complexity index is 240. The van der Waals surface area contributed by atoms with Crippen LogP contribution in [0.1, 0.15) is 0 Å². The summed E-state index contributed by atoms with van der Waals surface area (Å²) in [5.74, 6) is -1.39. The fraction of sp³-hybridized carbons (Fsp3) is 0. The van der Waals surface area contributed by atoms with Crippen molar-refractivity contribution in [3.63, 3.8) is 0 Å². The summed E-state index contributed by atoms with van der Waals surface area (Å²) in [6.07, 6.45) is 0. The van der Waals surface area contributed by atoms with Crippen molar-refractivity contribution < 1.29 is 8.78 Å². The van der Waals surface area contributed by atoms with Gasteiger partial charge in [0.25, 0.3) is 0 Å². The summed E-state index contributed by atoms with van der Waals surface area (Å²) in [5, 5.41) is 0. The topological polar surface area (TPSA) is 26.0 Å². The molecule has 0 saturated carbocycles. The molecule has 1 aromatic rings. The van der Waals surface area contributed by atoms with Gasteiger partial charge in [0.1, 0.15) is 11.5 Å². The van der Waals surface area contributed by atoms with Gasteiger partial charge in [-0.1, -0.05) is 0 Å². The second-order valence-electron chi connectivity index (χ2n) is 1.76. The third-order valence-corrected chi connectivity index (χ3v) is 1.91. The third-order valence-electron chi connectivity index (χ3n) is 1.08. The molecule has 1 nitrogen and oxygen atoms in total. The lowest BCUT2D eigenvalue weighted by Crippen LogP contribution is -1.96. The first-order valence-electron chi connectivity index (χ1n) is 2.52. The Hall–Kier alpha value is -0.100. The summed E-state index contributed by atoms with van der Waals surface area (Å²) in [6.45, 7) is 0. The fourth-order valence-electron chi connectivity index (χ4n) is 0.543. The normalized spacial score (nSPS) is 9.00. The molecule has 0 bridgehead atoms. The molecule has 11 heavy (non-hydrogen) atoms. The van der Waals surface area contributed by atoms with Crippen molar-refractivity contribution >= 4 is 40.7 Å². The van der Waals surface area contributed by atoms with Crippen molar-refractivity contribution in [1.29, 1.82) is 0 Å². The van der Waals surface area contributed by atoms with E-state index in [2.05, 4.69) is 0 Å². The SMILES string of the molecule is Cl.Nc1c(F)ccc(I)c1F. The number of rotatable bonds is 0. The van der Waals surface area contributed by atoms with Gasteiger partial charge in [-0.3, -0.25) is 0 Å². The first-order valence-corrected chi connectivity index (χ1v) is 3.60. The largest absolute Gasteiger partial charge is 0.394 e. The van der Waals surface area contributed by atoms with E-state index in [1.165, 1.54) is 6.07 Å². The van der Waals surface area contributed by atoms with Crippen LogP contribution in [0.5, 0.6) is 0 Å². The van der Waals surface area contributed by atoms with Crippen LogP contribution in [0.25, 0.3) is 0 Å². The second-order valence-corrected chi connectivity index (χ2v) is 2.92. The molecule has 2 N–H and O–H groups in total. The predicted octanol–water partition coefficient (Wildman–Crippen LogP) is 2.57. The van der Waals surface area contributed by atoms with Crippen molar-refractivity contribution in [3.8, 4) is 0 Å². The van der Waals surface area contributed by atoms with Gasteiger partial charge in [0.2, 0.25) is 0 Å². The maximum Gasteiger partial charge on any atom is 0.162 e. The molecule has 5 heteroatoms. The molecule has 0 aliphatic rings. The molecule has 0 radical (unpaired) electrons. The van der Waals surface area contributed by atoms with E-state index in [4.69, 9.17) is 5.73 Å². The summed E-state index contributed by atoms with van der Waals surface area (Å²) >= 11 is 1.74. The van der Waals surface area contributed by atoms with E-state index in [1.54, 1.807) is 22.6 Å². The zero-order valence-corrected chi connectivity index (χ0v) is 8.25. The molecule has 0 fully saturated rings. The zero-order valence-electron chi connectivity index (χ0n) is 5.27. The molecule has 0 saturated heterocycles. The summed E-state index contributed by atoms with van der Waals surface area (Å²) in [4.78, 5) is 0. The third kappa shape index (κ3) is 2.16. The van der Waals surface area contributed by atoms with Crippen LogP contribution in [0.3, 0.4) is 0 Å². The van der Waals surface area contributed by atoms with E-state index in [0.717, 1.165) is 6.07 Å². The Morgan fingerprint density at radius 1 is 1.27 bits per heavy atom. The molecule has 0 amide bonds. The van der Waals surface area contributed by atoms with Crippen molar-refractivity contribution in [3.05, 3.63) is 27.3 Å². The van der Waals surface area contributed by atoms with Crippen molar-refractivity contribution in [2.45, 2.75) is 0 Å². The maximum atomic E-state index is 12.6. The summed E-state index contributed by atoms with van der Waals surface area (Å²) < 4.78 is 25.3. The lowest BCUT2D eigenvalue weighted by molar-refractivity contribution is 0.587. The van der Waals surface area contributed by atoms with Crippen LogP contribution >= 0.6 is 35.0 Å². The van der Waals surface area contributed by atoms with Crippen LogP contribution in [0.4, 0.5) is 14.5 Å². The van der Waals surface area contributed by atoms with Crippen molar-refractivity contribution in [1.82, 2.24) is 0 Å². The minimum atomic E-state index is -0.710. The maximum absolute atomic E-state index is 12.6.